The van der Waals surface area contributed by atoms with Crippen molar-refractivity contribution in [2.24, 2.45) is 0 Å². The summed E-state index contributed by atoms with van der Waals surface area (Å²) < 4.78 is 16.8. The molecule has 0 aromatic rings. The third kappa shape index (κ3) is 50.7. The maximum Gasteiger partial charge on any atom is 0.306 e. The molecule has 63 heavy (non-hydrogen) atoms. The van der Waals surface area contributed by atoms with Crippen LogP contribution in [0.3, 0.4) is 0 Å². The van der Waals surface area contributed by atoms with Gasteiger partial charge in [0.15, 0.2) is 6.10 Å². The number of carbonyl (C=O) groups excluding carboxylic acids is 3. The van der Waals surface area contributed by atoms with E-state index in [1.807, 2.05) is 0 Å². The molecule has 0 aliphatic heterocycles. The van der Waals surface area contributed by atoms with Crippen LogP contribution < -0.4 is 0 Å². The van der Waals surface area contributed by atoms with E-state index in [-0.39, 0.29) is 31.1 Å². The molecule has 370 valence electrons. The molecule has 0 spiro atoms. The number of esters is 3. The van der Waals surface area contributed by atoms with Crippen LogP contribution in [0.15, 0.2) is 24.3 Å². The van der Waals surface area contributed by atoms with Crippen molar-refractivity contribution in [2.75, 3.05) is 13.2 Å². The summed E-state index contributed by atoms with van der Waals surface area (Å²) in [5, 5.41) is 0. The lowest BCUT2D eigenvalue weighted by atomic mass is 10.0. The fraction of sp³-hybridized carbons (Fsp3) is 0.877. The van der Waals surface area contributed by atoms with Gasteiger partial charge in [-0.1, -0.05) is 238 Å². The average Bonchev–Trinajstić information content (AvgIpc) is 3.28. The van der Waals surface area contributed by atoms with E-state index < -0.39 is 6.10 Å². The molecule has 0 N–H and O–H groups in total. The van der Waals surface area contributed by atoms with E-state index in [4.69, 9.17) is 14.2 Å². The van der Waals surface area contributed by atoms with Crippen LogP contribution in [0.25, 0.3) is 0 Å². The van der Waals surface area contributed by atoms with Gasteiger partial charge in [0, 0.05) is 19.3 Å². The van der Waals surface area contributed by atoms with Gasteiger partial charge in [0.25, 0.3) is 0 Å². The monoisotopic (exact) mass is 887 g/mol. The highest BCUT2D eigenvalue weighted by atomic mass is 16.6. The topological polar surface area (TPSA) is 78.9 Å². The lowest BCUT2D eigenvalue weighted by Crippen LogP contribution is -2.30. The van der Waals surface area contributed by atoms with Gasteiger partial charge in [0.2, 0.25) is 0 Å². The van der Waals surface area contributed by atoms with Gasteiger partial charge < -0.3 is 14.2 Å². The first kappa shape index (κ1) is 60.9. The van der Waals surface area contributed by atoms with Gasteiger partial charge in [-0.15, -0.1) is 0 Å². The van der Waals surface area contributed by atoms with Gasteiger partial charge in [-0.3, -0.25) is 14.4 Å². The predicted molar refractivity (Wildman–Crippen MR) is 270 cm³/mol. The normalized spacial score (nSPS) is 12.1. The summed E-state index contributed by atoms with van der Waals surface area (Å²) >= 11 is 0. The van der Waals surface area contributed by atoms with Crippen molar-refractivity contribution >= 4 is 17.9 Å². The predicted octanol–water partition coefficient (Wildman–Crippen LogP) is 18.3. The Morgan fingerprint density at radius 3 is 0.810 bits per heavy atom. The molecule has 0 fully saturated rings. The maximum atomic E-state index is 12.8. The van der Waals surface area contributed by atoms with Crippen LogP contribution in [0.5, 0.6) is 0 Å². The summed E-state index contributed by atoms with van der Waals surface area (Å²) in [4.78, 5) is 38.1. The number of hydrogen-bond donors (Lipinski definition) is 0. The summed E-state index contributed by atoms with van der Waals surface area (Å²) in [6.07, 6.45) is 60.2. The van der Waals surface area contributed by atoms with E-state index in [0.29, 0.717) is 19.3 Å². The van der Waals surface area contributed by atoms with Crippen molar-refractivity contribution < 1.29 is 28.6 Å². The van der Waals surface area contributed by atoms with Gasteiger partial charge in [-0.2, -0.15) is 0 Å². The largest absolute Gasteiger partial charge is 0.462 e. The number of hydrogen-bond acceptors (Lipinski definition) is 6. The van der Waals surface area contributed by atoms with E-state index in [1.165, 1.54) is 199 Å². The second kappa shape index (κ2) is 52.5. The molecule has 0 unspecified atom stereocenters. The Bertz CT molecular complexity index is 1020. The first-order valence-corrected chi connectivity index (χ1v) is 27.8. The number of ether oxygens (including phenoxy) is 3. The molecular weight excluding hydrogens is 781 g/mol. The van der Waals surface area contributed by atoms with Gasteiger partial charge in [-0.05, 0) is 70.6 Å². The van der Waals surface area contributed by atoms with Gasteiger partial charge >= 0.3 is 17.9 Å². The SMILES string of the molecule is CCCCCC/C=C/CCCCCCCC(=O)OC[C@H](COC(=O)CCCCCCCCC/C=C/CCCCCCCC)OC(=O)CCCCCCCCCCCCCCCCC. The number of carbonyl (C=O) groups is 3. The van der Waals surface area contributed by atoms with Gasteiger partial charge in [0.1, 0.15) is 13.2 Å². The van der Waals surface area contributed by atoms with Crippen LogP contribution in [0.2, 0.25) is 0 Å². The molecule has 6 nitrogen and oxygen atoms in total. The summed E-state index contributed by atoms with van der Waals surface area (Å²) in [5.41, 5.74) is 0. The fourth-order valence-corrected chi connectivity index (χ4v) is 8.20. The number of rotatable bonds is 51. The average molecular weight is 887 g/mol. The highest BCUT2D eigenvalue weighted by Crippen LogP contribution is 2.16. The van der Waals surface area contributed by atoms with Crippen LogP contribution >= 0.6 is 0 Å². The highest BCUT2D eigenvalue weighted by Gasteiger charge is 2.19. The summed E-state index contributed by atoms with van der Waals surface area (Å²) in [6, 6.07) is 0. The van der Waals surface area contributed by atoms with E-state index >= 15 is 0 Å². The Hall–Kier alpha value is -2.11. The molecule has 0 amide bonds. The minimum Gasteiger partial charge on any atom is -0.462 e. The Balaban J connectivity index is 4.34. The summed E-state index contributed by atoms with van der Waals surface area (Å²) in [6.45, 7) is 6.65. The van der Waals surface area contributed by atoms with Gasteiger partial charge in [-0.25, -0.2) is 0 Å². The molecule has 0 heterocycles. The zero-order valence-corrected chi connectivity index (χ0v) is 42.4. The zero-order chi connectivity index (χ0) is 45.8. The molecule has 0 saturated carbocycles. The molecule has 6 heteroatoms. The van der Waals surface area contributed by atoms with Crippen molar-refractivity contribution in [3.63, 3.8) is 0 Å². The summed E-state index contributed by atoms with van der Waals surface area (Å²) in [7, 11) is 0. The molecular formula is C57H106O6. The third-order valence-electron chi connectivity index (χ3n) is 12.4. The molecule has 1 atom stereocenters. The molecule has 0 bridgehead atoms. The van der Waals surface area contributed by atoms with Crippen LogP contribution in [0.4, 0.5) is 0 Å². The molecule has 0 aromatic carbocycles. The Morgan fingerprint density at radius 2 is 0.524 bits per heavy atom. The minimum absolute atomic E-state index is 0.0721. The molecule has 0 rings (SSSR count). The highest BCUT2D eigenvalue weighted by molar-refractivity contribution is 5.71. The quantitative estimate of drug-likeness (QED) is 0.0262. The van der Waals surface area contributed by atoms with Crippen LogP contribution in [-0.4, -0.2) is 37.2 Å². The smallest absolute Gasteiger partial charge is 0.306 e. The first-order valence-electron chi connectivity index (χ1n) is 27.8. The molecule has 0 aromatic heterocycles. The standard InChI is InChI=1S/C57H106O6/c1-4-7-10-13-16-19-22-25-27-28-30-32-35-38-41-44-47-50-56(59)62-53-54(52-61-55(58)49-46-43-40-37-34-31-24-21-18-15-12-9-6-3)63-57(60)51-48-45-42-39-36-33-29-26-23-20-17-14-11-8-5-2/h21,24-25,27,54H,4-20,22-23,26,28-53H2,1-3H3/b24-21+,27-25+/t54-/m1/s1. The molecule has 0 saturated heterocycles. The van der Waals surface area contributed by atoms with Crippen LogP contribution in [0.1, 0.15) is 303 Å². The lowest BCUT2D eigenvalue weighted by molar-refractivity contribution is -0.167. The van der Waals surface area contributed by atoms with E-state index in [1.54, 1.807) is 0 Å². The first-order chi connectivity index (χ1) is 31.0. The number of unbranched alkanes of at least 4 members (excludes halogenated alkanes) is 36. The summed E-state index contributed by atoms with van der Waals surface area (Å²) in [5.74, 6) is -0.868. The fourth-order valence-electron chi connectivity index (χ4n) is 8.20. The van der Waals surface area contributed by atoms with E-state index in [9.17, 15) is 14.4 Å². The molecule has 0 radical (unpaired) electrons. The van der Waals surface area contributed by atoms with E-state index in [2.05, 4.69) is 45.1 Å². The van der Waals surface area contributed by atoms with E-state index in [0.717, 1.165) is 64.2 Å². The Kier molecular flexibility index (Phi) is 50.8. The molecule has 0 aliphatic rings. The second-order valence-corrected chi connectivity index (χ2v) is 18.8. The van der Waals surface area contributed by atoms with Crippen LogP contribution in [-0.2, 0) is 28.6 Å². The van der Waals surface area contributed by atoms with Gasteiger partial charge in [0.05, 0.1) is 0 Å². The Labute approximate surface area is 392 Å². The minimum atomic E-state index is -0.771. The van der Waals surface area contributed by atoms with Crippen molar-refractivity contribution in [1.29, 1.82) is 0 Å². The lowest BCUT2D eigenvalue weighted by Gasteiger charge is -2.18. The van der Waals surface area contributed by atoms with Crippen molar-refractivity contribution in [3.8, 4) is 0 Å². The molecule has 0 aliphatic carbocycles. The van der Waals surface area contributed by atoms with Crippen molar-refractivity contribution in [3.05, 3.63) is 24.3 Å². The second-order valence-electron chi connectivity index (χ2n) is 18.8. The third-order valence-corrected chi connectivity index (χ3v) is 12.4. The van der Waals surface area contributed by atoms with Crippen LogP contribution in [0, 0.1) is 0 Å². The maximum absolute atomic E-state index is 12.8. The van der Waals surface area contributed by atoms with Crippen molar-refractivity contribution in [1.82, 2.24) is 0 Å². The van der Waals surface area contributed by atoms with Crippen molar-refractivity contribution in [2.45, 2.75) is 309 Å². The zero-order valence-electron chi connectivity index (χ0n) is 42.4. The number of allylic oxidation sites excluding steroid dienone is 4. The Morgan fingerprint density at radius 1 is 0.302 bits per heavy atom.